The Morgan fingerprint density at radius 2 is 1.14 bits per heavy atom. The summed E-state index contributed by atoms with van der Waals surface area (Å²) in [5, 5.41) is 0. The maximum Gasteiger partial charge on any atom is 0.0191 e. The molecular weight excluding hydrogens is 174 g/mol. The van der Waals surface area contributed by atoms with Crippen molar-refractivity contribution in [2.24, 2.45) is 23.3 Å². The first kappa shape index (κ1) is 13.9. The fourth-order valence-corrected chi connectivity index (χ4v) is 1.22. The van der Waals surface area contributed by atoms with Crippen molar-refractivity contribution >= 4 is 0 Å². The van der Waals surface area contributed by atoms with Crippen molar-refractivity contribution in [1.82, 2.24) is 4.90 Å². The third kappa shape index (κ3) is 5.58. The molecule has 2 atom stereocenters. The van der Waals surface area contributed by atoms with Gasteiger partial charge in [0.05, 0.1) is 0 Å². The highest BCUT2D eigenvalue weighted by Crippen LogP contribution is 2.03. The fourth-order valence-electron chi connectivity index (χ4n) is 1.22. The standard InChI is InChI=1S/C11H27N3/c1-8(2)10(12)6-14(5)7-11(13)9(3)4/h8-11H,6-7,12-13H2,1-5H3/t10-,11-/m0/s1. The molecule has 86 valence electrons. The van der Waals surface area contributed by atoms with Crippen molar-refractivity contribution in [2.45, 2.75) is 39.8 Å². The van der Waals surface area contributed by atoms with Crippen LogP contribution in [0.4, 0.5) is 0 Å². The van der Waals surface area contributed by atoms with Crippen molar-refractivity contribution in [3.63, 3.8) is 0 Å². The molecule has 3 nitrogen and oxygen atoms in total. The second-order valence-corrected chi connectivity index (χ2v) is 5.04. The molecule has 0 aromatic rings. The smallest absolute Gasteiger partial charge is 0.0191 e. The van der Waals surface area contributed by atoms with Crippen LogP contribution in [0.15, 0.2) is 0 Å². The zero-order valence-electron chi connectivity index (χ0n) is 10.3. The van der Waals surface area contributed by atoms with Gasteiger partial charge in [-0.25, -0.2) is 0 Å². The molecule has 0 unspecified atom stereocenters. The predicted molar refractivity (Wildman–Crippen MR) is 63.1 cm³/mol. The van der Waals surface area contributed by atoms with Crippen LogP contribution in [0.25, 0.3) is 0 Å². The molecule has 0 aliphatic rings. The molecule has 0 radical (unpaired) electrons. The second kappa shape index (κ2) is 6.38. The van der Waals surface area contributed by atoms with Crippen LogP contribution in [0.1, 0.15) is 27.7 Å². The fraction of sp³-hybridized carbons (Fsp3) is 1.00. The highest BCUT2D eigenvalue weighted by Gasteiger charge is 2.14. The zero-order valence-corrected chi connectivity index (χ0v) is 10.3. The number of nitrogens with two attached hydrogens (primary N) is 2. The minimum atomic E-state index is 0.249. The Hall–Kier alpha value is -0.120. The molecule has 0 saturated heterocycles. The van der Waals surface area contributed by atoms with Gasteiger partial charge in [-0.15, -0.1) is 0 Å². The van der Waals surface area contributed by atoms with E-state index in [1.54, 1.807) is 0 Å². The SMILES string of the molecule is CC(C)[C@@H](N)CN(C)C[C@H](N)C(C)C. The summed E-state index contributed by atoms with van der Waals surface area (Å²) in [7, 11) is 2.09. The van der Waals surface area contributed by atoms with Crippen molar-refractivity contribution in [1.29, 1.82) is 0 Å². The van der Waals surface area contributed by atoms with Gasteiger partial charge >= 0.3 is 0 Å². The second-order valence-electron chi connectivity index (χ2n) is 5.04. The maximum absolute atomic E-state index is 5.99. The van der Waals surface area contributed by atoms with Crippen LogP contribution < -0.4 is 11.5 Å². The van der Waals surface area contributed by atoms with Gasteiger partial charge in [0.2, 0.25) is 0 Å². The largest absolute Gasteiger partial charge is 0.326 e. The summed E-state index contributed by atoms with van der Waals surface area (Å²) in [5.74, 6) is 1.07. The van der Waals surface area contributed by atoms with Crippen LogP contribution in [-0.4, -0.2) is 37.1 Å². The number of hydrogen-bond acceptors (Lipinski definition) is 3. The average molecular weight is 201 g/mol. The van der Waals surface area contributed by atoms with E-state index in [1.165, 1.54) is 0 Å². The lowest BCUT2D eigenvalue weighted by Crippen LogP contribution is -2.45. The van der Waals surface area contributed by atoms with Gasteiger partial charge in [-0.05, 0) is 18.9 Å². The molecule has 0 aromatic carbocycles. The van der Waals surface area contributed by atoms with Gasteiger partial charge < -0.3 is 16.4 Å². The van der Waals surface area contributed by atoms with Gasteiger partial charge in [0.15, 0.2) is 0 Å². The van der Waals surface area contributed by atoms with E-state index >= 15 is 0 Å². The highest BCUT2D eigenvalue weighted by atomic mass is 15.1. The number of rotatable bonds is 6. The van der Waals surface area contributed by atoms with Gasteiger partial charge in [0, 0.05) is 25.2 Å². The molecule has 0 bridgehead atoms. The van der Waals surface area contributed by atoms with Crippen molar-refractivity contribution in [2.75, 3.05) is 20.1 Å². The zero-order chi connectivity index (χ0) is 11.3. The minimum Gasteiger partial charge on any atom is -0.326 e. The molecule has 0 saturated carbocycles. The molecule has 0 fully saturated rings. The molecule has 3 heteroatoms. The molecule has 0 aliphatic carbocycles. The molecule has 0 aromatic heterocycles. The molecule has 0 aliphatic heterocycles. The molecule has 0 heterocycles. The van der Waals surface area contributed by atoms with Gasteiger partial charge in [0.25, 0.3) is 0 Å². The van der Waals surface area contributed by atoms with Crippen LogP contribution in [0.3, 0.4) is 0 Å². The van der Waals surface area contributed by atoms with Gasteiger partial charge in [-0.1, -0.05) is 27.7 Å². The van der Waals surface area contributed by atoms with E-state index in [4.69, 9.17) is 11.5 Å². The van der Waals surface area contributed by atoms with E-state index in [0.717, 1.165) is 13.1 Å². The van der Waals surface area contributed by atoms with Crippen LogP contribution in [0, 0.1) is 11.8 Å². The predicted octanol–water partition coefficient (Wildman–Crippen LogP) is 0.885. The van der Waals surface area contributed by atoms with Crippen LogP contribution in [0.2, 0.25) is 0 Å². The van der Waals surface area contributed by atoms with Gasteiger partial charge in [-0.3, -0.25) is 0 Å². The lowest BCUT2D eigenvalue weighted by Gasteiger charge is -2.27. The molecule has 0 amide bonds. The van der Waals surface area contributed by atoms with Crippen molar-refractivity contribution in [3.8, 4) is 0 Å². The first-order valence-corrected chi connectivity index (χ1v) is 5.54. The molecule has 0 spiro atoms. The number of nitrogens with zero attached hydrogens (tertiary/aromatic N) is 1. The van der Waals surface area contributed by atoms with Gasteiger partial charge in [-0.2, -0.15) is 0 Å². The third-order valence-electron chi connectivity index (χ3n) is 2.76. The monoisotopic (exact) mass is 201 g/mol. The Labute approximate surface area is 88.8 Å². The summed E-state index contributed by atoms with van der Waals surface area (Å²) >= 11 is 0. The van der Waals surface area contributed by atoms with Crippen molar-refractivity contribution in [3.05, 3.63) is 0 Å². The molecule has 4 N–H and O–H groups in total. The summed E-state index contributed by atoms with van der Waals surface area (Å²) < 4.78 is 0. The number of hydrogen-bond donors (Lipinski definition) is 2. The maximum atomic E-state index is 5.99. The summed E-state index contributed by atoms with van der Waals surface area (Å²) in [5.41, 5.74) is 12.0. The van der Waals surface area contributed by atoms with Crippen LogP contribution >= 0.6 is 0 Å². The van der Waals surface area contributed by atoms with E-state index in [2.05, 4.69) is 39.6 Å². The first-order valence-electron chi connectivity index (χ1n) is 5.54. The van der Waals surface area contributed by atoms with E-state index in [1.807, 2.05) is 0 Å². The Kier molecular flexibility index (Phi) is 6.33. The highest BCUT2D eigenvalue weighted by molar-refractivity contribution is 4.74. The average Bonchev–Trinajstić information content (AvgIpc) is 2.03. The van der Waals surface area contributed by atoms with Crippen LogP contribution in [-0.2, 0) is 0 Å². The Balaban J connectivity index is 3.80. The topological polar surface area (TPSA) is 55.3 Å². The number of likely N-dealkylation sites (N-methyl/N-ethyl adjacent to an activating group) is 1. The molecule has 0 rings (SSSR count). The van der Waals surface area contributed by atoms with E-state index in [-0.39, 0.29) is 12.1 Å². The Bertz CT molecular complexity index is 129. The summed E-state index contributed by atoms with van der Waals surface area (Å²) in [6.45, 7) is 10.5. The van der Waals surface area contributed by atoms with Gasteiger partial charge in [0.1, 0.15) is 0 Å². The molecule has 14 heavy (non-hydrogen) atoms. The lowest BCUT2D eigenvalue weighted by molar-refractivity contribution is 0.250. The van der Waals surface area contributed by atoms with Crippen molar-refractivity contribution < 1.29 is 0 Å². The summed E-state index contributed by atoms with van der Waals surface area (Å²) in [6.07, 6.45) is 0. The van der Waals surface area contributed by atoms with Crippen LogP contribution in [0.5, 0.6) is 0 Å². The van der Waals surface area contributed by atoms with E-state index < -0.39 is 0 Å². The Morgan fingerprint density at radius 1 is 0.857 bits per heavy atom. The lowest BCUT2D eigenvalue weighted by atomic mass is 10.0. The Morgan fingerprint density at radius 3 is 1.36 bits per heavy atom. The summed E-state index contributed by atoms with van der Waals surface area (Å²) in [4.78, 5) is 2.23. The summed E-state index contributed by atoms with van der Waals surface area (Å²) in [6, 6.07) is 0.499. The minimum absolute atomic E-state index is 0.249. The first-order chi connectivity index (χ1) is 6.34. The normalized spacial score (nSPS) is 16.7. The molecular formula is C11H27N3. The van der Waals surface area contributed by atoms with E-state index in [9.17, 15) is 0 Å². The quantitative estimate of drug-likeness (QED) is 0.671. The third-order valence-corrected chi connectivity index (χ3v) is 2.76. The van der Waals surface area contributed by atoms with E-state index in [0.29, 0.717) is 11.8 Å².